The summed E-state index contributed by atoms with van der Waals surface area (Å²) in [6.45, 7) is 0. The van der Waals surface area contributed by atoms with E-state index in [0.29, 0.717) is 5.02 Å². The van der Waals surface area contributed by atoms with Gasteiger partial charge in [-0.2, -0.15) is 0 Å². The first-order valence-corrected chi connectivity index (χ1v) is 4.29. The molecule has 0 saturated heterocycles. The van der Waals surface area contributed by atoms with Crippen LogP contribution in [0.15, 0.2) is 18.2 Å². The van der Waals surface area contributed by atoms with Gasteiger partial charge in [-0.25, -0.2) is 11.7 Å². The van der Waals surface area contributed by atoms with Gasteiger partial charge >= 0.3 is 0 Å². The van der Waals surface area contributed by atoms with Gasteiger partial charge in [-0.15, -0.1) is 0 Å². The quantitative estimate of drug-likeness (QED) is 0.312. The van der Waals surface area contributed by atoms with Crippen molar-refractivity contribution >= 4 is 23.4 Å². The van der Waals surface area contributed by atoms with Crippen LogP contribution in [-0.2, 0) is 0 Å². The van der Waals surface area contributed by atoms with Gasteiger partial charge in [0.25, 0.3) is 11.8 Å². The van der Waals surface area contributed by atoms with Crippen molar-refractivity contribution < 1.29 is 9.59 Å². The smallest absolute Gasteiger partial charge is 0.266 e. The molecule has 2 amide bonds. The summed E-state index contributed by atoms with van der Waals surface area (Å²) in [4.78, 5) is 22.6. The van der Waals surface area contributed by atoms with E-state index in [4.69, 9.17) is 23.3 Å². The molecule has 1 aromatic carbocycles. The molecular formula is C8H9ClN4O2. The summed E-state index contributed by atoms with van der Waals surface area (Å²) in [7, 11) is 0. The number of nitrogens with two attached hydrogens (primary N) is 2. The van der Waals surface area contributed by atoms with Crippen LogP contribution in [-0.4, -0.2) is 11.8 Å². The van der Waals surface area contributed by atoms with E-state index in [1.165, 1.54) is 18.2 Å². The Morgan fingerprint density at radius 2 is 1.60 bits per heavy atom. The van der Waals surface area contributed by atoms with Gasteiger partial charge in [0, 0.05) is 5.02 Å². The lowest BCUT2D eigenvalue weighted by Crippen LogP contribution is -2.35. The minimum atomic E-state index is -0.615. The highest BCUT2D eigenvalue weighted by atomic mass is 35.5. The lowest BCUT2D eigenvalue weighted by molar-refractivity contribution is 0.0919. The Morgan fingerprint density at radius 3 is 2.13 bits per heavy atom. The maximum absolute atomic E-state index is 11.3. The van der Waals surface area contributed by atoms with Crippen LogP contribution < -0.4 is 22.5 Å². The normalized spacial score (nSPS) is 9.53. The number of hydrogen-bond acceptors (Lipinski definition) is 4. The molecule has 1 aromatic rings. The minimum Gasteiger partial charge on any atom is -0.290 e. The first-order valence-electron chi connectivity index (χ1n) is 3.91. The molecule has 0 radical (unpaired) electrons. The van der Waals surface area contributed by atoms with Gasteiger partial charge in [0.1, 0.15) is 0 Å². The van der Waals surface area contributed by atoms with Gasteiger partial charge < -0.3 is 0 Å². The van der Waals surface area contributed by atoms with E-state index in [1.807, 2.05) is 10.9 Å². The fraction of sp³-hybridized carbons (Fsp3) is 0. The largest absolute Gasteiger partial charge is 0.290 e. The molecule has 0 spiro atoms. The van der Waals surface area contributed by atoms with Gasteiger partial charge in [-0.05, 0) is 18.2 Å². The van der Waals surface area contributed by atoms with Gasteiger partial charge in [0.15, 0.2) is 0 Å². The van der Waals surface area contributed by atoms with Crippen LogP contribution in [0, 0.1) is 0 Å². The van der Waals surface area contributed by atoms with Crippen molar-refractivity contribution in [2.75, 3.05) is 0 Å². The number of hydrogen-bond donors (Lipinski definition) is 4. The highest BCUT2D eigenvalue weighted by Crippen LogP contribution is 2.15. The van der Waals surface area contributed by atoms with Gasteiger partial charge in [0.2, 0.25) is 0 Å². The summed E-state index contributed by atoms with van der Waals surface area (Å²) in [6.07, 6.45) is 0. The number of amides is 2. The first-order chi connectivity index (χ1) is 7.10. The molecule has 1 rings (SSSR count). The second-order valence-electron chi connectivity index (χ2n) is 2.64. The summed E-state index contributed by atoms with van der Waals surface area (Å²) in [5.41, 5.74) is 3.99. The van der Waals surface area contributed by atoms with Gasteiger partial charge in [-0.1, -0.05) is 11.6 Å². The van der Waals surface area contributed by atoms with Crippen molar-refractivity contribution in [2.45, 2.75) is 0 Å². The molecule has 0 aliphatic carbocycles. The molecule has 0 aliphatic heterocycles. The van der Waals surface area contributed by atoms with E-state index in [0.717, 1.165) is 0 Å². The predicted molar refractivity (Wildman–Crippen MR) is 54.8 cm³/mol. The third-order valence-corrected chi connectivity index (χ3v) is 1.97. The van der Waals surface area contributed by atoms with Gasteiger partial charge in [0.05, 0.1) is 11.1 Å². The Bertz CT molecular complexity index is 408. The van der Waals surface area contributed by atoms with E-state index in [9.17, 15) is 9.59 Å². The van der Waals surface area contributed by atoms with Crippen molar-refractivity contribution in [2.24, 2.45) is 11.7 Å². The molecule has 80 valence electrons. The second kappa shape index (κ2) is 4.74. The molecule has 0 unspecified atom stereocenters. The molecule has 6 nitrogen and oxygen atoms in total. The number of nitrogen functional groups attached to an aromatic ring is 2. The molecule has 7 heteroatoms. The number of benzene rings is 1. The number of rotatable bonds is 2. The summed E-state index contributed by atoms with van der Waals surface area (Å²) >= 11 is 5.68. The fourth-order valence-electron chi connectivity index (χ4n) is 1.06. The lowest BCUT2D eigenvalue weighted by atomic mass is 10.1. The van der Waals surface area contributed by atoms with Crippen LogP contribution in [0.1, 0.15) is 20.7 Å². The predicted octanol–water partition coefficient (Wildman–Crippen LogP) is -0.453. The van der Waals surface area contributed by atoms with E-state index >= 15 is 0 Å². The fourth-order valence-corrected chi connectivity index (χ4v) is 1.23. The molecule has 0 aromatic heterocycles. The average Bonchev–Trinajstić information content (AvgIpc) is 2.26. The number of carbonyl (C=O) groups is 2. The van der Waals surface area contributed by atoms with Crippen LogP contribution in [0.25, 0.3) is 0 Å². The second-order valence-corrected chi connectivity index (χ2v) is 3.07. The molecule has 0 heterocycles. The Kier molecular flexibility index (Phi) is 3.62. The summed E-state index contributed by atoms with van der Waals surface area (Å²) in [5, 5.41) is 0.321. The molecule has 6 N–H and O–H groups in total. The molecular weight excluding hydrogens is 220 g/mol. The Hall–Kier alpha value is -1.63. The van der Waals surface area contributed by atoms with E-state index in [-0.39, 0.29) is 11.1 Å². The highest BCUT2D eigenvalue weighted by molar-refractivity contribution is 6.31. The first kappa shape index (κ1) is 11.4. The average molecular weight is 229 g/mol. The van der Waals surface area contributed by atoms with Crippen LogP contribution in [0.3, 0.4) is 0 Å². The van der Waals surface area contributed by atoms with Crippen molar-refractivity contribution in [3.63, 3.8) is 0 Å². The molecule has 0 atom stereocenters. The zero-order valence-electron chi connectivity index (χ0n) is 7.58. The van der Waals surface area contributed by atoms with E-state index in [2.05, 4.69) is 0 Å². The van der Waals surface area contributed by atoms with Gasteiger partial charge in [-0.3, -0.25) is 20.4 Å². The van der Waals surface area contributed by atoms with Crippen molar-refractivity contribution in [3.8, 4) is 0 Å². The highest BCUT2D eigenvalue weighted by Gasteiger charge is 2.15. The monoisotopic (exact) mass is 228 g/mol. The van der Waals surface area contributed by atoms with Crippen LogP contribution in [0.2, 0.25) is 5.02 Å². The van der Waals surface area contributed by atoms with Crippen molar-refractivity contribution in [1.29, 1.82) is 0 Å². The summed E-state index contributed by atoms with van der Waals surface area (Å²) in [5.74, 6) is 8.71. The maximum Gasteiger partial charge on any atom is 0.266 e. The summed E-state index contributed by atoms with van der Waals surface area (Å²) < 4.78 is 0. The minimum absolute atomic E-state index is 0.0629. The Balaban J connectivity index is 3.26. The van der Waals surface area contributed by atoms with Crippen LogP contribution in [0.4, 0.5) is 0 Å². The van der Waals surface area contributed by atoms with E-state index < -0.39 is 11.8 Å². The number of carbonyl (C=O) groups excluding carboxylic acids is 2. The number of halogens is 1. The van der Waals surface area contributed by atoms with Crippen molar-refractivity contribution in [3.05, 3.63) is 34.3 Å². The lowest BCUT2D eigenvalue weighted by Gasteiger charge is -2.06. The third kappa shape index (κ3) is 2.44. The van der Waals surface area contributed by atoms with E-state index in [1.54, 1.807) is 0 Å². The SMILES string of the molecule is NNC(=O)c1ccc(Cl)cc1C(=O)NN. The standard InChI is InChI=1S/C8H9ClN4O2/c9-4-1-2-5(7(14)12-10)6(3-4)8(15)13-11/h1-3H,10-11H2,(H,12,14)(H,13,15). The molecule has 15 heavy (non-hydrogen) atoms. The molecule has 0 aliphatic rings. The Labute approximate surface area is 90.5 Å². The van der Waals surface area contributed by atoms with Crippen LogP contribution in [0.5, 0.6) is 0 Å². The summed E-state index contributed by atoms with van der Waals surface area (Å²) in [6, 6.07) is 4.18. The molecule has 0 saturated carbocycles. The Morgan fingerprint density at radius 1 is 1.07 bits per heavy atom. The number of nitrogens with one attached hydrogen (secondary N) is 2. The molecule has 0 bridgehead atoms. The molecule has 0 fully saturated rings. The third-order valence-electron chi connectivity index (χ3n) is 1.73. The zero-order chi connectivity index (χ0) is 11.4. The maximum atomic E-state index is 11.3. The van der Waals surface area contributed by atoms with Crippen molar-refractivity contribution in [1.82, 2.24) is 10.9 Å². The number of hydrazine groups is 2. The topological polar surface area (TPSA) is 110 Å². The van der Waals surface area contributed by atoms with Crippen LogP contribution >= 0.6 is 11.6 Å². The zero-order valence-corrected chi connectivity index (χ0v) is 8.34.